The quantitative estimate of drug-likeness (QED) is 0.469. The monoisotopic (exact) mass is 413 g/mol. The summed E-state index contributed by atoms with van der Waals surface area (Å²) in [5.74, 6) is 0.777. The smallest absolute Gasteiger partial charge is 0.131 e. The molecule has 0 bridgehead atoms. The Hall–Kier alpha value is -2.93. The second-order valence-electron chi connectivity index (χ2n) is 7.04. The molecule has 0 saturated carbocycles. The summed E-state index contributed by atoms with van der Waals surface area (Å²) in [6.07, 6.45) is 3.73. The molecule has 4 heteroatoms. The van der Waals surface area contributed by atoms with Gasteiger partial charge in [0.25, 0.3) is 0 Å². The fraction of sp³-hybridized carbons (Fsp3) is 0.0800. The molecular weight excluding hydrogens is 398 g/mol. The van der Waals surface area contributed by atoms with Crippen LogP contribution in [0.3, 0.4) is 0 Å². The summed E-state index contributed by atoms with van der Waals surface area (Å²) >= 11 is 7.84. The normalized spacial score (nSPS) is 24.5. The number of nitrogens with zero attached hydrogens (tertiary/aromatic N) is 1. The molecule has 0 amide bonds. The fourth-order valence-electron chi connectivity index (χ4n) is 4.31. The number of benzene rings is 3. The number of fused-ring (bicyclic) bond motifs is 2. The van der Waals surface area contributed by atoms with E-state index in [1.807, 2.05) is 66.7 Å². The summed E-state index contributed by atoms with van der Waals surface area (Å²) in [6, 6.07) is 28.4. The zero-order valence-electron chi connectivity index (χ0n) is 15.4. The molecule has 29 heavy (non-hydrogen) atoms. The van der Waals surface area contributed by atoms with E-state index in [-0.39, 0.29) is 0 Å². The first kappa shape index (κ1) is 18.1. The fourth-order valence-corrected chi connectivity index (χ4v) is 5.93. The van der Waals surface area contributed by atoms with Gasteiger partial charge in [0.2, 0.25) is 0 Å². The van der Waals surface area contributed by atoms with Gasteiger partial charge >= 0.3 is 0 Å². The second kappa shape index (κ2) is 6.84. The molecule has 2 nitrogen and oxygen atoms in total. The summed E-state index contributed by atoms with van der Waals surface area (Å²) in [5.41, 5.74) is 2.97. The predicted molar refractivity (Wildman–Crippen MR) is 119 cm³/mol. The van der Waals surface area contributed by atoms with Crippen LogP contribution in [0, 0.1) is 11.3 Å². The summed E-state index contributed by atoms with van der Waals surface area (Å²) in [4.78, 5) is 0. The van der Waals surface area contributed by atoms with E-state index in [2.05, 4.69) is 29.7 Å². The highest BCUT2D eigenvalue weighted by Gasteiger charge is 2.61. The molecule has 0 fully saturated rings. The number of hydrogen-bond acceptors (Lipinski definition) is 3. The molecule has 0 radical (unpaired) electrons. The molecule has 5 rings (SSSR count). The van der Waals surface area contributed by atoms with Crippen LogP contribution >= 0.6 is 23.4 Å². The van der Waals surface area contributed by atoms with E-state index in [0.29, 0.717) is 5.02 Å². The van der Waals surface area contributed by atoms with Crippen LogP contribution in [0.4, 0.5) is 0 Å². The SMILES string of the molecule is N#C[C@@]1(c2ccc(Cl)cc2)C(c2ccccc2)=CSC12C=COc1ccccc12. The van der Waals surface area contributed by atoms with Crippen molar-refractivity contribution < 1.29 is 4.74 Å². The van der Waals surface area contributed by atoms with Crippen molar-refractivity contribution in [3.63, 3.8) is 0 Å². The van der Waals surface area contributed by atoms with Crippen LogP contribution in [0.2, 0.25) is 5.02 Å². The number of thioether (sulfide) groups is 1. The van der Waals surface area contributed by atoms with Crippen LogP contribution in [-0.4, -0.2) is 0 Å². The Morgan fingerprint density at radius 3 is 2.38 bits per heavy atom. The number of para-hydroxylation sites is 1. The lowest BCUT2D eigenvalue weighted by Crippen LogP contribution is -2.44. The van der Waals surface area contributed by atoms with Crippen LogP contribution in [0.25, 0.3) is 5.57 Å². The maximum atomic E-state index is 10.8. The van der Waals surface area contributed by atoms with Crippen LogP contribution in [0.5, 0.6) is 5.75 Å². The number of allylic oxidation sites excluding steroid dienone is 1. The van der Waals surface area contributed by atoms with Crippen molar-refractivity contribution in [1.29, 1.82) is 5.26 Å². The molecule has 2 heterocycles. The largest absolute Gasteiger partial charge is 0.465 e. The third-order valence-corrected chi connectivity index (χ3v) is 7.28. The number of halogens is 1. The zero-order chi connectivity index (χ0) is 19.9. The molecule has 0 aliphatic carbocycles. The highest BCUT2D eigenvalue weighted by atomic mass is 35.5. The van der Waals surface area contributed by atoms with E-state index >= 15 is 0 Å². The Bertz CT molecular complexity index is 1180. The molecule has 3 aromatic carbocycles. The van der Waals surface area contributed by atoms with Gasteiger partial charge in [-0.1, -0.05) is 72.3 Å². The first-order valence-electron chi connectivity index (χ1n) is 9.26. The van der Waals surface area contributed by atoms with Crippen molar-refractivity contribution in [2.24, 2.45) is 0 Å². The maximum Gasteiger partial charge on any atom is 0.131 e. The first-order chi connectivity index (χ1) is 14.2. The van der Waals surface area contributed by atoms with Crippen molar-refractivity contribution in [1.82, 2.24) is 0 Å². The minimum atomic E-state index is -0.944. The molecule has 2 aliphatic rings. The average molecular weight is 414 g/mol. The summed E-state index contributed by atoms with van der Waals surface area (Å²) < 4.78 is 5.15. The molecular formula is C25H16ClNOS. The summed E-state index contributed by atoms with van der Waals surface area (Å²) in [5, 5.41) is 13.6. The molecule has 140 valence electrons. The third kappa shape index (κ3) is 2.50. The molecule has 2 atom stereocenters. The highest BCUT2D eigenvalue weighted by molar-refractivity contribution is 8.03. The van der Waals surface area contributed by atoms with Crippen molar-refractivity contribution in [2.45, 2.75) is 10.2 Å². The van der Waals surface area contributed by atoms with E-state index in [0.717, 1.165) is 28.0 Å². The Balaban J connectivity index is 1.84. The highest BCUT2D eigenvalue weighted by Crippen LogP contribution is 2.66. The Kier molecular flexibility index (Phi) is 4.28. The van der Waals surface area contributed by atoms with Gasteiger partial charge in [-0.05, 0) is 46.4 Å². The lowest BCUT2D eigenvalue weighted by Gasteiger charge is -2.43. The first-order valence-corrected chi connectivity index (χ1v) is 10.5. The van der Waals surface area contributed by atoms with Crippen LogP contribution < -0.4 is 4.74 Å². The number of rotatable bonds is 2. The van der Waals surface area contributed by atoms with Gasteiger partial charge in [0.05, 0.1) is 17.1 Å². The lowest BCUT2D eigenvalue weighted by atomic mass is 9.62. The minimum Gasteiger partial charge on any atom is -0.465 e. The number of nitriles is 1. The topological polar surface area (TPSA) is 33.0 Å². The van der Waals surface area contributed by atoms with Crippen LogP contribution in [-0.2, 0) is 10.2 Å². The lowest BCUT2D eigenvalue weighted by molar-refractivity contribution is 0.427. The van der Waals surface area contributed by atoms with E-state index in [1.54, 1.807) is 18.0 Å². The predicted octanol–water partition coefficient (Wildman–Crippen LogP) is 6.69. The van der Waals surface area contributed by atoms with Gasteiger partial charge in [0.15, 0.2) is 0 Å². The second-order valence-corrected chi connectivity index (χ2v) is 8.59. The van der Waals surface area contributed by atoms with Crippen molar-refractivity contribution >= 4 is 28.9 Å². The third-order valence-electron chi connectivity index (χ3n) is 5.64. The zero-order valence-corrected chi connectivity index (χ0v) is 17.0. The van der Waals surface area contributed by atoms with Gasteiger partial charge in [0, 0.05) is 10.6 Å². The van der Waals surface area contributed by atoms with Crippen molar-refractivity contribution in [3.8, 4) is 11.8 Å². The van der Waals surface area contributed by atoms with Gasteiger partial charge in [0.1, 0.15) is 11.2 Å². The number of hydrogen-bond donors (Lipinski definition) is 0. The van der Waals surface area contributed by atoms with E-state index < -0.39 is 10.2 Å². The molecule has 2 aliphatic heterocycles. The average Bonchev–Trinajstić information content (AvgIpc) is 3.10. The molecule has 1 unspecified atom stereocenters. The van der Waals surface area contributed by atoms with Crippen molar-refractivity contribution in [2.75, 3.05) is 0 Å². The molecule has 3 aromatic rings. The van der Waals surface area contributed by atoms with E-state index in [9.17, 15) is 5.26 Å². The molecule has 0 N–H and O–H groups in total. The maximum absolute atomic E-state index is 10.8. The van der Waals surface area contributed by atoms with Gasteiger partial charge in [-0.2, -0.15) is 5.26 Å². The van der Waals surface area contributed by atoms with Gasteiger partial charge in [-0.25, -0.2) is 0 Å². The summed E-state index contributed by atoms with van der Waals surface area (Å²) in [6.45, 7) is 0. The molecule has 0 aromatic heterocycles. The minimum absolute atomic E-state index is 0.643. The van der Waals surface area contributed by atoms with Crippen LogP contribution in [0.15, 0.2) is 96.6 Å². The Morgan fingerprint density at radius 2 is 1.62 bits per heavy atom. The van der Waals surface area contributed by atoms with Crippen LogP contribution in [0.1, 0.15) is 16.7 Å². The van der Waals surface area contributed by atoms with Crippen molar-refractivity contribution in [3.05, 3.63) is 118 Å². The van der Waals surface area contributed by atoms with E-state index in [4.69, 9.17) is 16.3 Å². The van der Waals surface area contributed by atoms with Gasteiger partial charge in [-0.3, -0.25) is 0 Å². The van der Waals surface area contributed by atoms with E-state index in [1.165, 1.54) is 0 Å². The Morgan fingerprint density at radius 1 is 0.897 bits per heavy atom. The summed E-state index contributed by atoms with van der Waals surface area (Å²) in [7, 11) is 0. The number of ether oxygens (including phenoxy) is 1. The standard InChI is InChI=1S/C25H16ClNOS/c26-20-12-10-19(11-13-20)24(17-27)22(18-6-2-1-3-7-18)16-29-25(24)14-15-28-23-9-5-4-8-21(23)25/h1-16H/t24-,25?/m1/s1. The Labute approximate surface area is 179 Å². The van der Waals surface area contributed by atoms with Gasteiger partial charge < -0.3 is 4.74 Å². The molecule has 1 spiro atoms. The van der Waals surface area contributed by atoms with Gasteiger partial charge in [-0.15, -0.1) is 11.8 Å². The molecule has 0 saturated heterocycles.